The van der Waals surface area contributed by atoms with Crippen molar-refractivity contribution in [3.05, 3.63) is 71.3 Å². The van der Waals surface area contributed by atoms with Crippen LogP contribution in [-0.2, 0) is 13.1 Å². The minimum atomic E-state index is -0.0574. The zero-order chi connectivity index (χ0) is 20.1. The Morgan fingerprint density at radius 2 is 1.83 bits per heavy atom. The molecule has 150 valence electrons. The largest absolute Gasteiger partial charge is 0.356 e. The van der Waals surface area contributed by atoms with Gasteiger partial charge in [0.2, 0.25) is 0 Å². The lowest BCUT2D eigenvalue weighted by Gasteiger charge is -2.30. The zero-order valence-corrected chi connectivity index (χ0v) is 16.9. The van der Waals surface area contributed by atoms with E-state index in [9.17, 15) is 4.79 Å². The van der Waals surface area contributed by atoms with E-state index in [-0.39, 0.29) is 5.91 Å². The molecule has 3 aromatic rings. The van der Waals surface area contributed by atoms with E-state index in [0.29, 0.717) is 12.1 Å². The van der Waals surface area contributed by atoms with Crippen LogP contribution in [0.15, 0.2) is 54.6 Å². The van der Waals surface area contributed by atoms with E-state index in [1.54, 1.807) is 7.05 Å². The third-order valence-electron chi connectivity index (χ3n) is 5.50. The summed E-state index contributed by atoms with van der Waals surface area (Å²) in [6, 6.07) is 18.3. The molecule has 0 bridgehead atoms. The molecule has 0 radical (unpaired) electrons. The number of benzene rings is 2. The number of aromatic nitrogens is 1. The first-order valence-corrected chi connectivity index (χ1v) is 10.4. The lowest BCUT2D eigenvalue weighted by Crippen LogP contribution is -2.31. The SMILES string of the molecule is CNC(=O)c1cccc(CNCc2cc3ccccc3nc2N2CCCCC2)c1. The number of amides is 1. The molecule has 1 aliphatic rings. The topological polar surface area (TPSA) is 57.3 Å². The summed E-state index contributed by atoms with van der Waals surface area (Å²) in [5.74, 6) is 1.05. The highest BCUT2D eigenvalue weighted by Crippen LogP contribution is 2.26. The van der Waals surface area contributed by atoms with Crippen molar-refractivity contribution >= 4 is 22.6 Å². The molecule has 2 N–H and O–H groups in total. The smallest absolute Gasteiger partial charge is 0.251 e. The third-order valence-corrected chi connectivity index (χ3v) is 5.50. The monoisotopic (exact) mass is 388 g/mol. The molecule has 2 heterocycles. The molecule has 1 fully saturated rings. The minimum absolute atomic E-state index is 0.0574. The number of carbonyl (C=O) groups is 1. The molecule has 0 unspecified atom stereocenters. The van der Waals surface area contributed by atoms with Crippen molar-refractivity contribution in [3.63, 3.8) is 0 Å². The number of fused-ring (bicyclic) bond motifs is 1. The van der Waals surface area contributed by atoms with Crippen LogP contribution >= 0.6 is 0 Å². The summed E-state index contributed by atoms with van der Waals surface area (Å²) < 4.78 is 0. The maximum atomic E-state index is 11.9. The van der Waals surface area contributed by atoms with Crippen LogP contribution in [0.3, 0.4) is 0 Å². The molecule has 1 aliphatic heterocycles. The highest BCUT2D eigenvalue weighted by atomic mass is 16.1. The van der Waals surface area contributed by atoms with Gasteiger partial charge in [-0.15, -0.1) is 0 Å². The number of rotatable bonds is 6. The van der Waals surface area contributed by atoms with Crippen molar-refractivity contribution < 1.29 is 4.79 Å². The fraction of sp³-hybridized carbons (Fsp3) is 0.333. The van der Waals surface area contributed by atoms with Crippen LogP contribution in [0.25, 0.3) is 10.9 Å². The maximum Gasteiger partial charge on any atom is 0.251 e. The quantitative estimate of drug-likeness (QED) is 0.673. The average molecular weight is 389 g/mol. The zero-order valence-electron chi connectivity index (χ0n) is 16.9. The highest BCUT2D eigenvalue weighted by molar-refractivity contribution is 5.94. The Balaban J connectivity index is 1.53. The predicted molar refractivity (Wildman–Crippen MR) is 118 cm³/mol. The van der Waals surface area contributed by atoms with Crippen LogP contribution in [0.1, 0.15) is 40.7 Å². The summed E-state index contributed by atoms with van der Waals surface area (Å²) in [4.78, 5) is 19.3. The lowest BCUT2D eigenvalue weighted by molar-refractivity contribution is 0.0963. The molecule has 2 aromatic carbocycles. The number of pyridine rings is 1. The molecule has 4 rings (SSSR count). The summed E-state index contributed by atoms with van der Waals surface area (Å²) in [7, 11) is 1.65. The van der Waals surface area contributed by atoms with E-state index < -0.39 is 0 Å². The first-order chi connectivity index (χ1) is 14.2. The van der Waals surface area contributed by atoms with Gasteiger partial charge in [0.15, 0.2) is 0 Å². The third kappa shape index (κ3) is 4.57. The fourth-order valence-electron chi connectivity index (χ4n) is 3.97. The lowest BCUT2D eigenvalue weighted by atomic mass is 10.1. The minimum Gasteiger partial charge on any atom is -0.356 e. The van der Waals surface area contributed by atoms with E-state index in [2.05, 4.69) is 39.8 Å². The van der Waals surface area contributed by atoms with Gasteiger partial charge in [-0.25, -0.2) is 4.98 Å². The average Bonchev–Trinajstić information content (AvgIpc) is 2.79. The number of hydrogen-bond acceptors (Lipinski definition) is 4. The number of carbonyl (C=O) groups excluding carboxylic acids is 1. The van der Waals surface area contributed by atoms with Gasteiger partial charge in [0.1, 0.15) is 5.82 Å². The van der Waals surface area contributed by atoms with Crippen molar-refractivity contribution in [1.29, 1.82) is 0 Å². The van der Waals surface area contributed by atoms with Gasteiger partial charge in [-0.1, -0.05) is 30.3 Å². The number of anilines is 1. The van der Waals surface area contributed by atoms with Gasteiger partial charge < -0.3 is 15.5 Å². The van der Waals surface area contributed by atoms with E-state index in [4.69, 9.17) is 4.98 Å². The molecule has 0 spiro atoms. The number of nitrogens with zero attached hydrogens (tertiary/aromatic N) is 2. The predicted octanol–water partition coefficient (Wildman–Crippen LogP) is 3.87. The molecule has 0 saturated carbocycles. The second-order valence-corrected chi connectivity index (χ2v) is 7.59. The first-order valence-electron chi connectivity index (χ1n) is 10.4. The number of piperidine rings is 1. The number of hydrogen-bond donors (Lipinski definition) is 2. The normalized spacial score (nSPS) is 14.2. The number of nitrogens with one attached hydrogen (secondary N) is 2. The number of para-hydroxylation sites is 1. The summed E-state index contributed by atoms with van der Waals surface area (Å²) in [6.07, 6.45) is 3.76. The Bertz CT molecular complexity index is 995. The van der Waals surface area contributed by atoms with Crippen molar-refractivity contribution in [2.24, 2.45) is 0 Å². The Morgan fingerprint density at radius 3 is 2.66 bits per heavy atom. The molecule has 1 saturated heterocycles. The van der Waals surface area contributed by atoms with Gasteiger partial charge in [0.05, 0.1) is 5.52 Å². The first kappa shape index (κ1) is 19.4. The van der Waals surface area contributed by atoms with Gasteiger partial charge >= 0.3 is 0 Å². The maximum absolute atomic E-state index is 11.9. The standard InChI is InChI=1S/C24H28N4O/c1-25-24(29)20-10-7-8-18(14-20)16-26-17-21-15-19-9-3-4-11-22(19)27-23(21)28-12-5-2-6-13-28/h3-4,7-11,14-15,26H,2,5-6,12-13,16-17H2,1H3,(H,25,29). The van der Waals surface area contributed by atoms with Gasteiger partial charge in [0, 0.05) is 49.7 Å². The Morgan fingerprint density at radius 1 is 1.00 bits per heavy atom. The van der Waals surface area contributed by atoms with E-state index in [0.717, 1.165) is 36.5 Å². The van der Waals surface area contributed by atoms with Gasteiger partial charge in [0.25, 0.3) is 5.91 Å². The molecule has 0 aliphatic carbocycles. The van der Waals surface area contributed by atoms with Gasteiger partial charge in [-0.05, 0) is 49.1 Å². The molecule has 1 amide bonds. The second-order valence-electron chi connectivity index (χ2n) is 7.59. The molecule has 5 heteroatoms. The second kappa shape index (κ2) is 9.05. The van der Waals surface area contributed by atoms with Crippen LogP contribution in [-0.4, -0.2) is 31.0 Å². The summed E-state index contributed by atoms with van der Waals surface area (Å²) in [5, 5.41) is 7.40. The van der Waals surface area contributed by atoms with Crippen molar-refractivity contribution in [2.45, 2.75) is 32.4 Å². The molecule has 5 nitrogen and oxygen atoms in total. The summed E-state index contributed by atoms with van der Waals surface area (Å²) in [6.45, 7) is 3.60. The molecule has 29 heavy (non-hydrogen) atoms. The van der Waals surface area contributed by atoms with Crippen LogP contribution in [0.5, 0.6) is 0 Å². The highest BCUT2D eigenvalue weighted by Gasteiger charge is 2.17. The molecule has 0 atom stereocenters. The molecular formula is C24H28N4O. The van der Waals surface area contributed by atoms with Crippen molar-refractivity contribution in [2.75, 3.05) is 25.0 Å². The van der Waals surface area contributed by atoms with Crippen molar-refractivity contribution in [1.82, 2.24) is 15.6 Å². The van der Waals surface area contributed by atoms with Crippen LogP contribution in [0.2, 0.25) is 0 Å². The Labute approximate surface area is 172 Å². The van der Waals surface area contributed by atoms with Crippen LogP contribution in [0.4, 0.5) is 5.82 Å². The summed E-state index contributed by atoms with van der Waals surface area (Å²) >= 11 is 0. The van der Waals surface area contributed by atoms with Crippen LogP contribution in [0, 0.1) is 0 Å². The fourth-order valence-corrected chi connectivity index (χ4v) is 3.97. The van der Waals surface area contributed by atoms with Gasteiger partial charge in [-0.3, -0.25) is 4.79 Å². The summed E-state index contributed by atoms with van der Waals surface area (Å²) in [5.41, 5.74) is 4.07. The Hall–Kier alpha value is -2.92. The van der Waals surface area contributed by atoms with E-state index >= 15 is 0 Å². The molecule has 1 aromatic heterocycles. The van der Waals surface area contributed by atoms with E-state index in [1.165, 1.54) is 30.2 Å². The Kier molecular flexibility index (Phi) is 6.06. The van der Waals surface area contributed by atoms with Crippen LogP contribution < -0.4 is 15.5 Å². The van der Waals surface area contributed by atoms with E-state index in [1.807, 2.05) is 30.3 Å². The molecular weight excluding hydrogens is 360 g/mol. The van der Waals surface area contributed by atoms with Crippen molar-refractivity contribution in [3.8, 4) is 0 Å². The van der Waals surface area contributed by atoms with Gasteiger partial charge in [-0.2, -0.15) is 0 Å².